The summed E-state index contributed by atoms with van der Waals surface area (Å²) < 4.78 is 0. The number of rotatable bonds is 9. The Balaban J connectivity index is 1.95. The number of unbranched alkanes of at least 4 members (excludes halogenated alkanes) is 4. The molecular weight excluding hydrogens is 202 g/mol. The van der Waals surface area contributed by atoms with Crippen LogP contribution in [0.15, 0.2) is 0 Å². The molecule has 16 heavy (non-hydrogen) atoms. The number of carbonyl (C=O) groups excluding carboxylic acids is 1. The highest BCUT2D eigenvalue weighted by molar-refractivity contribution is 5.75. The van der Waals surface area contributed by atoms with E-state index in [0.717, 1.165) is 25.7 Å². The molecule has 2 N–H and O–H groups in total. The molecule has 0 bridgehead atoms. The van der Waals surface area contributed by atoms with Crippen LogP contribution in [0.2, 0.25) is 0 Å². The Morgan fingerprint density at radius 2 is 1.94 bits per heavy atom. The normalized spacial score (nSPS) is 17.1. The number of hydrogen-bond acceptors (Lipinski definition) is 2. The zero-order valence-electron chi connectivity index (χ0n) is 10.4. The van der Waals surface area contributed by atoms with E-state index >= 15 is 0 Å². The second-order valence-electron chi connectivity index (χ2n) is 5.10. The average Bonchev–Trinajstić information content (AvgIpc) is 3.07. The molecule has 0 aromatic heterocycles. The van der Waals surface area contributed by atoms with Gasteiger partial charge in [0.1, 0.15) is 0 Å². The van der Waals surface area contributed by atoms with Crippen LogP contribution in [0.25, 0.3) is 0 Å². The summed E-state index contributed by atoms with van der Waals surface area (Å²) in [5.74, 6) is 0.149. The molecule has 1 saturated carbocycles. The average molecular weight is 227 g/mol. The van der Waals surface area contributed by atoms with E-state index < -0.39 is 0 Å². The Bertz CT molecular complexity index is 212. The summed E-state index contributed by atoms with van der Waals surface area (Å²) in [6.07, 6.45) is 8.67. The molecule has 0 heterocycles. The molecule has 0 radical (unpaired) electrons. The maximum absolute atomic E-state index is 11.5. The predicted molar refractivity (Wildman–Crippen MR) is 65.1 cm³/mol. The number of carbonyl (C=O) groups is 1. The van der Waals surface area contributed by atoms with Crippen molar-refractivity contribution in [3.8, 4) is 0 Å². The quantitative estimate of drug-likeness (QED) is 0.593. The molecule has 0 atom stereocenters. The minimum Gasteiger partial charge on any atom is -0.396 e. The molecule has 94 valence electrons. The first kappa shape index (κ1) is 13.5. The van der Waals surface area contributed by atoms with E-state index in [1.807, 2.05) is 0 Å². The van der Waals surface area contributed by atoms with Crippen LogP contribution in [0.1, 0.15) is 58.3 Å². The van der Waals surface area contributed by atoms with Crippen LogP contribution >= 0.6 is 0 Å². The second kappa shape index (κ2) is 6.89. The van der Waals surface area contributed by atoms with Gasteiger partial charge >= 0.3 is 0 Å². The van der Waals surface area contributed by atoms with Crippen molar-refractivity contribution in [2.24, 2.45) is 5.41 Å². The molecule has 0 aromatic rings. The third-order valence-electron chi connectivity index (χ3n) is 3.46. The first-order chi connectivity index (χ1) is 7.72. The molecule has 3 nitrogen and oxygen atoms in total. The van der Waals surface area contributed by atoms with Crippen molar-refractivity contribution in [2.75, 3.05) is 13.2 Å². The zero-order valence-corrected chi connectivity index (χ0v) is 10.4. The summed E-state index contributed by atoms with van der Waals surface area (Å²) in [5, 5.41) is 12.0. The molecule has 1 fully saturated rings. The van der Waals surface area contributed by atoms with Crippen molar-refractivity contribution < 1.29 is 9.90 Å². The van der Waals surface area contributed by atoms with Gasteiger partial charge in [-0.3, -0.25) is 4.79 Å². The van der Waals surface area contributed by atoms with Gasteiger partial charge in [0.25, 0.3) is 0 Å². The van der Waals surface area contributed by atoms with Crippen molar-refractivity contribution in [2.45, 2.75) is 58.3 Å². The van der Waals surface area contributed by atoms with Crippen molar-refractivity contribution in [1.29, 1.82) is 0 Å². The summed E-state index contributed by atoms with van der Waals surface area (Å²) >= 11 is 0. The maximum atomic E-state index is 11.5. The molecule has 0 aliphatic heterocycles. The van der Waals surface area contributed by atoms with Gasteiger partial charge in [0.2, 0.25) is 5.91 Å². The highest BCUT2D eigenvalue weighted by atomic mass is 16.3. The van der Waals surface area contributed by atoms with Gasteiger partial charge in [0, 0.05) is 18.4 Å². The summed E-state index contributed by atoms with van der Waals surface area (Å²) in [5.41, 5.74) is 0.0396. The smallest absolute Gasteiger partial charge is 0.220 e. The van der Waals surface area contributed by atoms with Crippen molar-refractivity contribution in [3.05, 3.63) is 0 Å². The lowest BCUT2D eigenvalue weighted by atomic mass is 10.1. The van der Waals surface area contributed by atoms with E-state index in [1.165, 1.54) is 19.3 Å². The first-order valence-corrected chi connectivity index (χ1v) is 6.60. The van der Waals surface area contributed by atoms with E-state index in [-0.39, 0.29) is 17.9 Å². The molecule has 0 spiro atoms. The van der Waals surface area contributed by atoms with E-state index in [0.29, 0.717) is 13.0 Å². The molecule has 1 rings (SSSR count). The molecule has 1 aliphatic carbocycles. The fourth-order valence-electron chi connectivity index (χ4n) is 1.83. The van der Waals surface area contributed by atoms with Crippen molar-refractivity contribution >= 4 is 5.91 Å². The Labute approximate surface area is 98.6 Å². The predicted octanol–water partition coefficient (Wildman–Crippen LogP) is 2.24. The Hall–Kier alpha value is -0.570. The van der Waals surface area contributed by atoms with Gasteiger partial charge in [-0.05, 0) is 19.3 Å². The van der Waals surface area contributed by atoms with E-state index in [9.17, 15) is 4.79 Å². The van der Waals surface area contributed by atoms with Gasteiger partial charge < -0.3 is 10.4 Å². The summed E-state index contributed by atoms with van der Waals surface area (Å²) in [6.45, 7) is 3.07. The number of nitrogens with one attached hydrogen (secondary N) is 1. The van der Waals surface area contributed by atoms with Crippen LogP contribution in [-0.4, -0.2) is 24.2 Å². The highest BCUT2D eigenvalue weighted by Crippen LogP contribution is 2.44. The van der Waals surface area contributed by atoms with E-state index in [1.54, 1.807) is 0 Å². The SMILES string of the molecule is CCCCCCCC(=O)NCC1(CO)CC1. The molecule has 0 aromatic carbocycles. The Kier molecular flexibility index (Phi) is 5.81. The van der Waals surface area contributed by atoms with Gasteiger partial charge in [0.15, 0.2) is 0 Å². The summed E-state index contributed by atoms with van der Waals surface area (Å²) in [4.78, 5) is 11.5. The molecule has 0 saturated heterocycles. The number of aliphatic hydroxyl groups is 1. The van der Waals surface area contributed by atoms with Crippen LogP contribution < -0.4 is 5.32 Å². The topological polar surface area (TPSA) is 49.3 Å². The number of hydrogen-bond donors (Lipinski definition) is 2. The maximum Gasteiger partial charge on any atom is 0.220 e. The fourth-order valence-corrected chi connectivity index (χ4v) is 1.83. The fraction of sp³-hybridized carbons (Fsp3) is 0.923. The second-order valence-corrected chi connectivity index (χ2v) is 5.10. The van der Waals surface area contributed by atoms with Crippen LogP contribution in [0.5, 0.6) is 0 Å². The minimum absolute atomic E-state index is 0.0396. The molecular formula is C13H25NO2. The van der Waals surface area contributed by atoms with Crippen molar-refractivity contribution in [3.63, 3.8) is 0 Å². The molecule has 1 aliphatic rings. The molecule has 1 amide bonds. The lowest BCUT2D eigenvalue weighted by Crippen LogP contribution is -2.31. The lowest BCUT2D eigenvalue weighted by molar-refractivity contribution is -0.121. The number of aliphatic hydroxyl groups excluding tert-OH is 1. The van der Waals surface area contributed by atoms with Gasteiger partial charge in [0.05, 0.1) is 6.61 Å². The highest BCUT2D eigenvalue weighted by Gasteiger charge is 2.41. The van der Waals surface area contributed by atoms with Gasteiger partial charge in [-0.2, -0.15) is 0 Å². The first-order valence-electron chi connectivity index (χ1n) is 6.60. The van der Waals surface area contributed by atoms with Gasteiger partial charge in [-0.15, -0.1) is 0 Å². The standard InChI is InChI=1S/C13H25NO2/c1-2-3-4-5-6-7-12(16)14-10-13(11-15)8-9-13/h15H,2-11H2,1H3,(H,14,16). The third kappa shape index (κ3) is 4.97. The Morgan fingerprint density at radius 1 is 1.25 bits per heavy atom. The van der Waals surface area contributed by atoms with Crippen LogP contribution in [0.3, 0.4) is 0 Å². The minimum atomic E-state index is 0.0396. The van der Waals surface area contributed by atoms with Crippen molar-refractivity contribution in [1.82, 2.24) is 5.32 Å². The summed E-state index contributed by atoms with van der Waals surface area (Å²) in [7, 11) is 0. The van der Waals surface area contributed by atoms with Crippen LogP contribution in [0.4, 0.5) is 0 Å². The van der Waals surface area contributed by atoms with E-state index in [4.69, 9.17) is 5.11 Å². The van der Waals surface area contributed by atoms with Gasteiger partial charge in [-0.1, -0.05) is 32.6 Å². The molecule has 3 heteroatoms. The molecule has 0 unspecified atom stereocenters. The van der Waals surface area contributed by atoms with Gasteiger partial charge in [-0.25, -0.2) is 0 Å². The van der Waals surface area contributed by atoms with E-state index in [2.05, 4.69) is 12.2 Å². The largest absolute Gasteiger partial charge is 0.396 e. The summed E-state index contributed by atoms with van der Waals surface area (Å²) in [6, 6.07) is 0. The zero-order chi connectivity index (χ0) is 11.9. The van der Waals surface area contributed by atoms with Crippen LogP contribution in [-0.2, 0) is 4.79 Å². The number of amides is 1. The lowest BCUT2D eigenvalue weighted by Gasteiger charge is -2.12. The Morgan fingerprint density at radius 3 is 2.50 bits per heavy atom. The monoisotopic (exact) mass is 227 g/mol. The third-order valence-corrected chi connectivity index (χ3v) is 3.46. The van der Waals surface area contributed by atoms with Crippen LogP contribution in [0, 0.1) is 5.41 Å².